The van der Waals surface area contributed by atoms with Crippen LogP contribution in [-0.4, -0.2) is 57.8 Å². The third kappa shape index (κ3) is 5.17. The minimum atomic E-state index is -0.153. The highest BCUT2D eigenvalue weighted by molar-refractivity contribution is 6.30. The van der Waals surface area contributed by atoms with E-state index < -0.39 is 0 Å². The monoisotopic (exact) mass is 487 g/mol. The van der Waals surface area contributed by atoms with Gasteiger partial charge in [0, 0.05) is 54.2 Å². The van der Waals surface area contributed by atoms with Crippen molar-refractivity contribution in [3.05, 3.63) is 95.5 Å². The Bertz CT molecular complexity index is 1320. The fraction of sp³-hybridized carbons (Fsp3) is 0.154. The number of carbonyl (C=O) groups is 2. The van der Waals surface area contributed by atoms with Crippen LogP contribution in [0, 0.1) is 0 Å². The molecule has 3 heterocycles. The average Bonchev–Trinajstić information content (AvgIpc) is 3.44. The second kappa shape index (κ2) is 9.99. The van der Waals surface area contributed by atoms with E-state index in [4.69, 9.17) is 16.0 Å². The number of amides is 2. The van der Waals surface area contributed by atoms with Crippen molar-refractivity contribution < 1.29 is 14.0 Å². The predicted molar refractivity (Wildman–Crippen MR) is 133 cm³/mol. The molecule has 35 heavy (non-hydrogen) atoms. The summed E-state index contributed by atoms with van der Waals surface area (Å²) in [6, 6.07) is 19.8. The van der Waals surface area contributed by atoms with Crippen molar-refractivity contribution in [2.24, 2.45) is 0 Å². The van der Waals surface area contributed by atoms with E-state index in [2.05, 4.69) is 15.3 Å². The second-order valence-corrected chi connectivity index (χ2v) is 8.47. The van der Waals surface area contributed by atoms with Crippen LogP contribution in [0.3, 0.4) is 0 Å². The molecule has 0 atom stereocenters. The van der Waals surface area contributed by atoms with Crippen LogP contribution in [0.25, 0.3) is 11.3 Å². The molecular formula is C26H22ClN5O3. The maximum absolute atomic E-state index is 12.9. The van der Waals surface area contributed by atoms with E-state index in [1.807, 2.05) is 42.5 Å². The number of nitrogens with one attached hydrogen (secondary N) is 1. The van der Waals surface area contributed by atoms with Crippen molar-refractivity contribution in [2.75, 3.05) is 31.5 Å². The third-order valence-electron chi connectivity index (χ3n) is 5.77. The van der Waals surface area contributed by atoms with Gasteiger partial charge in [-0.3, -0.25) is 9.59 Å². The van der Waals surface area contributed by atoms with Crippen LogP contribution < -0.4 is 5.32 Å². The van der Waals surface area contributed by atoms with Crippen LogP contribution >= 0.6 is 11.6 Å². The first-order valence-corrected chi connectivity index (χ1v) is 11.5. The van der Waals surface area contributed by atoms with E-state index in [0.29, 0.717) is 48.5 Å². The van der Waals surface area contributed by atoms with Crippen molar-refractivity contribution in [1.29, 1.82) is 0 Å². The molecular weight excluding hydrogens is 466 g/mol. The summed E-state index contributed by atoms with van der Waals surface area (Å²) in [5, 5.41) is 3.84. The van der Waals surface area contributed by atoms with Crippen LogP contribution in [0.15, 0.2) is 83.6 Å². The fourth-order valence-electron chi connectivity index (χ4n) is 3.88. The number of piperazine rings is 1. The van der Waals surface area contributed by atoms with Gasteiger partial charge in [-0.25, -0.2) is 9.97 Å². The molecule has 1 aliphatic rings. The summed E-state index contributed by atoms with van der Waals surface area (Å²) in [4.78, 5) is 37.7. The first-order chi connectivity index (χ1) is 17.1. The Morgan fingerprint density at radius 1 is 0.857 bits per heavy atom. The third-order valence-corrected chi connectivity index (χ3v) is 6.02. The van der Waals surface area contributed by atoms with E-state index in [1.54, 1.807) is 40.3 Å². The van der Waals surface area contributed by atoms with Gasteiger partial charge >= 0.3 is 0 Å². The molecule has 4 aromatic rings. The van der Waals surface area contributed by atoms with E-state index in [-0.39, 0.29) is 11.8 Å². The predicted octanol–water partition coefficient (Wildman–Crippen LogP) is 4.73. The summed E-state index contributed by atoms with van der Waals surface area (Å²) < 4.78 is 5.19. The Morgan fingerprint density at radius 2 is 1.54 bits per heavy atom. The zero-order chi connectivity index (χ0) is 24.2. The van der Waals surface area contributed by atoms with E-state index in [9.17, 15) is 9.59 Å². The zero-order valence-electron chi connectivity index (χ0n) is 18.7. The standard InChI is InChI=1S/C26H22ClN5O3/c27-20-7-3-18(4-8-20)22-11-12-28-26(30-22)29-21-9-5-19(6-10-21)24(33)31-13-15-32(16-14-31)25(34)23-2-1-17-35-23/h1-12,17H,13-16H2,(H,28,29,30). The first kappa shape index (κ1) is 22.6. The Morgan fingerprint density at radius 3 is 2.20 bits per heavy atom. The smallest absolute Gasteiger partial charge is 0.289 e. The van der Waals surface area contributed by atoms with Gasteiger partial charge in [0.15, 0.2) is 5.76 Å². The summed E-state index contributed by atoms with van der Waals surface area (Å²) in [5.74, 6) is 0.548. The van der Waals surface area contributed by atoms with Crippen LogP contribution in [0.1, 0.15) is 20.9 Å². The molecule has 0 unspecified atom stereocenters. The lowest BCUT2D eigenvalue weighted by atomic mass is 10.1. The van der Waals surface area contributed by atoms with Gasteiger partial charge in [-0.05, 0) is 54.6 Å². The van der Waals surface area contributed by atoms with Crippen molar-refractivity contribution in [3.63, 3.8) is 0 Å². The molecule has 0 bridgehead atoms. The summed E-state index contributed by atoms with van der Waals surface area (Å²) in [7, 11) is 0. The van der Waals surface area contributed by atoms with E-state index >= 15 is 0 Å². The van der Waals surface area contributed by atoms with Crippen molar-refractivity contribution >= 4 is 35.1 Å². The lowest BCUT2D eigenvalue weighted by Crippen LogP contribution is -2.50. The molecule has 2 aromatic heterocycles. The fourth-order valence-corrected chi connectivity index (χ4v) is 4.00. The Balaban J connectivity index is 1.19. The number of furan rings is 1. The molecule has 5 rings (SSSR count). The molecule has 1 N–H and O–H groups in total. The molecule has 8 nitrogen and oxygen atoms in total. The number of nitrogens with zero attached hydrogens (tertiary/aromatic N) is 4. The van der Waals surface area contributed by atoms with Gasteiger partial charge in [0.05, 0.1) is 12.0 Å². The first-order valence-electron chi connectivity index (χ1n) is 11.1. The molecule has 0 radical (unpaired) electrons. The van der Waals surface area contributed by atoms with Crippen LogP contribution in [-0.2, 0) is 0 Å². The molecule has 2 aromatic carbocycles. The zero-order valence-corrected chi connectivity index (χ0v) is 19.5. The van der Waals surface area contributed by atoms with Gasteiger partial charge in [0.1, 0.15) is 0 Å². The van der Waals surface area contributed by atoms with Crippen molar-refractivity contribution in [3.8, 4) is 11.3 Å². The van der Waals surface area contributed by atoms with Gasteiger partial charge in [0.2, 0.25) is 5.95 Å². The molecule has 1 aliphatic heterocycles. The molecule has 1 fully saturated rings. The average molecular weight is 488 g/mol. The lowest BCUT2D eigenvalue weighted by Gasteiger charge is -2.34. The van der Waals surface area contributed by atoms with Crippen LogP contribution in [0.5, 0.6) is 0 Å². The number of hydrogen-bond donors (Lipinski definition) is 1. The highest BCUT2D eigenvalue weighted by Gasteiger charge is 2.26. The minimum Gasteiger partial charge on any atom is -0.459 e. The molecule has 0 saturated carbocycles. The Kier molecular flexibility index (Phi) is 6.45. The van der Waals surface area contributed by atoms with Gasteiger partial charge in [-0.1, -0.05) is 23.7 Å². The molecule has 9 heteroatoms. The molecule has 0 aliphatic carbocycles. The Hall–Kier alpha value is -4.17. The number of anilines is 2. The largest absolute Gasteiger partial charge is 0.459 e. The molecule has 176 valence electrons. The Labute approximate surface area is 207 Å². The SMILES string of the molecule is O=C(c1ccc(Nc2nccc(-c3ccc(Cl)cc3)n2)cc1)N1CCN(C(=O)c2ccco2)CC1. The number of benzene rings is 2. The number of halogens is 1. The molecule has 0 spiro atoms. The highest BCUT2D eigenvalue weighted by atomic mass is 35.5. The molecule has 2 amide bonds. The summed E-state index contributed by atoms with van der Waals surface area (Å²) in [6.07, 6.45) is 3.17. The maximum Gasteiger partial charge on any atom is 0.289 e. The van der Waals surface area contributed by atoms with Crippen LogP contribution in [0.2, 0.25) is 5.02 Å². The van der Waals surface area contributed by atoms with Crippen LogP contribution in [0.4, 0.5) is 11.6 Å². The topological polar surface area (TPSA) is 91.6 Å². The second-order valence-electron chi connectivity index (χ2n) is 8.04. The van der Waals surface area contributed by atoms with Gasteiger partial charge in [-0.15, -0.1) is 0 Å². The number of rotatable bonds is 5. The summed E-state index contributed by atoms with van der Waals surface area (Å²) in [6.45, 7) is 1.87. The van der Waals surface area contributed by atoms with E-state index in [0.717, 1.165) is 16.9 Å². The molecule has 1 saturated heterocycles. The summed E-state index contributed by atoms with van der Waals surface area (Å²) in [5.41, 5.74) is 3.06. The van der Waals surface area contributed by atoms with Gasteiger partial charge in [0.25, 0.3) is 11.8 Å². The maximum atomic E-state index is 12.9. The summed E-state index contributed by atoms with van der Waals surface area (Å²) >= 11 is 5.97. The minimum absolute atomic E-state index is 0.0670. The number of carbonyl (C=O) groups excluding carboxylic acids is 2. The van der Waals surface area contributed by atoms with Crippen molar-refractivity contribution in [1.82, 2.24) is 19.8 Å². The highest BCUT2D eigenvalue weighted by Crippen LogP contribution is 2.22. The normalized spacial score (nSPS) is 13.5. The quantitative estimate of drug-likeness (QED) is 0.437. The number of aromatic nitrogens is 2. The lowest BCUT2D eigenvalue weighted by molar-refractivity contribution is 0.0518. The van der Waals surface area contributed by atoms with E-state index in [1.165, 1.54) is 6.26 Å². The van der Waals surface area contributed by atoms with Crippen molar-refractivity contribution in [2.45, 2.75) is 0 Å². The van der Waals surface area contributed by atoms with Gasteiger partial charge in [-0.2, -0.15) is 0 Å². The number of hydrogen-bond acceptors (Lipinski definition) is 6. The van der Waals surface area contributed by atoms with Gasteiger partial charge < -0.3 is 19.5 Å².